The first-order valence-electron chi connectivity index (χ1n) is 3.14. The van der Waals surface area contributed by atoms with Crippen LogP contribution in [0.1, 0.15) is 6.92 Å². The van der Waals surface area contributed by atoms with Crippen molar-refractivity contribution < 1.29 is 18.0 Å². The Hall–Kier alpha value is -1.15. The van der Waals surface area contributed by atoms with Gasteiger partial charge in [-0.3, -0.25) is 15.0 Å². The summed E-state index contributed by atoms with van der Waals surface area (Å²) in [5, 5.41) is 0. The van der Waals surface area contributed by atoms with Crippen LogP contribution in [0.2, 0.25) is 0 Å². The number of rotatable bonds is 4. The van der Waals surface area contributed by atoms with Gasteiger partial charge in [0.2, 0.25) is 15.9 Å². The third kappa shape index (κ3) is 5.15. The lowest BCUT2D eigenvalue weighted by atomic mass is 10.1. The van der Waals surface area contributed by atoms with Crippen LogP contribution in [0, 0.1) is 5.92 Å². The first kappa shape index (κ1) is 11.8. The number of sulfonamides is 1. The minimum atomic E-state index is -3.53. The maximum atomic E-state index is 10.9. The molecule has 0 saturated carbocycles. The highest BCUT2D eigenvalue weighted by molar-refractivity contribution is 7.88. The van der Waals surface area contributed by atoms with Gasteiger partial charge in [-0.05, 0) is 6.92 Å². The van der Waals surface area contributed by atoms with Gasteiger partial charge in [0.1, 0.15) is 5.92 Å². The van der Waals surface area contributed by atoms with Crippen LogP contribution in [-0.2, 0) is 19.6 Å². The van der Waals surface area contributed by atoms with Crippen LogP contribution >= 0.6 is 0 Å². The fourth-order valence-corrected chi connectivity index (χ4v) is 0.623. The maximum Gasteiger partial charge on any atom is 0.251 e. The van der Waals surface area contributed by atoms with E-state index in [9.17, 15) is 18.0 Å². The molecule has 13 heavy (non-hydrogen) atoms. The number of hydrazine groups is 1. The van der Waals surface area contributed by atoms with E-state index in [2.05, 4.69) is 0 Å². The van der Waals surface area contributed by atoms with E-state index < -0.39 is 21.8 Å². The topological polar surface area (TPSA) is 118 Å². The van der Waals surface area contributed by atoms with E-state index in [0.717, 1.165) is 6.26 Å². The first-order valence-corrected chi connectivity index (χ1v) is 5.03. The Kier molecular flexibility index (Phi) is 3.82. The number of carbonyl (C=O) groups excluding carboxylic acids is 2. The molecule has 8 heteroatoms. The third-order valence-electron chi connectivity index (χ3n) is 1.06. The van der Waals surface area contributed by atoms with Gasteiger partial charge >= 0.3 is 0 Å². The van der Waals surface area contributed by atoms with Gasteiger partial charge in [0.15, 0.2) is 0 Å². The molecular weight excluding hydrogens is 198 g/mol. The Morgan fingerprint density at radius 3 is 2.08 bits per heavy atom. The second kappa shape index (κ2) is 4.19. The SMILES string of the molecule is C[C](C(N)=O)C(=O)NNS(C)(=O)=O. The molecule has 0 rings (SSSR count). The van der Waals surface area contributed by atoms with E-state index in [1.807, 2.05) is 0 Å². The lowest BCUT2D eigenvalue weighted by Crippen LogP contribution is -2.45. The van der Waals surface area contributed by atoms with Gasteiger partial charge < -0.3 is 5.73 Å². The van der Waals surface area contributed by atoms with E-state index in [0.29, 0.717) is 0 Å². The molecule has 0 atom stereocenters. The van der Waals surface area contributed by atoms with Crippen molar-refractivity contribution in [1.82, 2.24) is 10.3 Å². The van der Waals surface area contributed by atoms with Crippen LogP contribution in [0.25, 0.3) is 0 Å². The standard InChI is InChI=1S/C5H10N3O4S/c1-3(4(6)9)5(10)7-8-13(2,11)12/h8H,1-2H3,(H2,6,9)(H,7,10). The van der Waals surface area contributed by atoms with E-state index in [1.165, 1.54) is 6.92 Å². The van der Waals surface area contributed by atoms with Crippen LogP contribution in [0.3, 0.4) is 0 Å². The molecule has 1 radical (unpaired) electrons. The maximum absolute atomic E-state index is 10.9. The van der Waals surface area contributed by atoms with Crippen LogP contribution < -0.4 is 16.0 Å². The molecule has 0 bridgehead atoms. The first-order chi connectivity index (χ1) is 5.74. The van der Waals surface area contributed by atoms with Crippen molar-refractivity contribution in [3.05, 3.63) is 5.92 Å². The van der Waals surface area contributed by atoms with Crippen molar-refractivity contribution in [1.29, 1.82) is 0 Å². The summed E-state index contributed by atoms with van der Waals surface area (Å²) in [6.07, 6.45) is 0.854. The van der Waals surface area contributed by atoms with E-state index in [4.69, 9.17) is 5.73 Å². The zero-order valence-corrected chi connectivity index (χ0v) is 7.94. The van der Waals surface area contributed by atoms with Gasteiger partial charge in [0.25, 0.3) is 5.91 Å². The molecule has 75 valence electrons. The van der Waals surface area contributed by atoms with Gasteiger partial charge in [-0.15, -0.1) is 4.83 Å². The molecule has 0 unspecified atom stereocenters. The summed E-state index contributed by atoms with van der Waals surface area (Å²) in [5.74, 6) is -2.07. The molecule has 0 aliphatic heterocycles. The number of amides is 2. The highest BCUT2D eigenvalue weighted by Crippen LogP contribution is 1.94. The Labute approximate surface area is 75.7 Å². The Balaban J connectivity index is 4.11. The molecule has 0 spiro atoms. The summed E-state index contributed by atoms with van der Waals surface area (Å²) >= 11 is 0. The molecule has 0 aromatic heterocycles. The molecule has 0 aliphatic rings. The number of carbonyl (C=O) groups is 2. The van der Waals surface area contributed by atoms with Gasteiger partial charge in [0.05, 0.1) is 6.26 Å². The van der Waals surface area contributed by atoms with Crippen LogP contribution in [-0.4, -0.2) is 26.5 Å². The molecule has 0 aromatic carbocycles. The van der Waals surface area contributed by atoms with Crippen molar-refractivity contribution in [3.63, 3.8) is 0 Å². The van der Waals surface area contributed by atoms with Gasteiger partial charge in [-0.2, -0.15) is 0 Å². The van der Waals surface area contributed by atoms with Gasteiger partial charge in [-0.25, -0.2) is 8.42 Å². The smallest absolute Gasteiger partial charge is 0.251 e. The fraction of sp³-hybridized carbons (Fsp3) is 0.400. The monoisotopic (exact) mass is 208 g/mol. The number of primary amides is 1. The minimum absolute atomic E-state index is 0.281. The largest absolute Gasteiger partial charge is 0.369 e. The molecule has 0 saturated heterocycles. The summed E-state index contributed by atoms with van der Waals surface area (Å²) in [7, 11) is -3.53. The average molecular weight is 208 g/mol. The van der Waals surface area contributed by atoms with Crippen LogP contribution in [0.15, 0.2) is 0 Å². The summed E-state index contributed by atoms with van der Waals surface area (Å²) < 4.78 is 21.0. The summed E-state index contributed by atoms with van der Waals surface area (Å²) in [6, 6.07) is 0. The Morgan fingerprint density at radius 1 is 1.31 bits per heavy atom. The van der Waals surface area contributed by atoms with Crippen molar-refractivity contribution in [2.75, 3.05) is 6.26 Å². The average Bonchev–Trinajstić information content (AvgIpc) is 1.97. The highest BCUT2D eigenvalue weighted by atomic mass is 32.2. The van der Waals surface area contributed by atoms with Crippen molar-refractivity contribution in [2.24, 2.45) is 5.73 Å². The Morgan fingerprint density at radius 2 is 1.77 bits per heavy atom. The lowest BCUT2D eigenvalue weighted by Gasteiger charge is -2.07. The van der Waals surface area contributed by atoms with E-state index in [1.54, 1.807) is 10.3 Å². The molecule has 0 aromatic rings. The normalized spacial score (nSPS) is 11.3. The van der Waals surface area contributed by atoms with Crippen molar-refractivity contribution in [2.45, 2.75) is 6.92 Å². The van der Waals surface area contributed by atoms with E-state index in [-0.39, 0.29) is 5.92 Å². The van der Waals surface area contributed by atoms with Crippen LogP contribution in [0.5, 0.6) is 0 Å². The molecule has 0 heterocycles. The van der Waals surface area contributed by atoms with Crippen LogP contribution in [0.4, 0.5) is 0 Å². The molecule has 4 N–H and O–H groups in total. The van der Waals surface area contributed by atoms with Gasteiger partial charge in [-0.1, -0.05) is 0 Å². The summed E-state index contributed by atoms with van der Waals surface area (Å²) in [5.41, 5.74) is 6.55. The molecule has 0 aliphatic carbocycles. The van der Waals surface area contributed by atoms with Gasteiger partial charge in [0, 0.05) is 0 Å². The highest BCUT2D eigenvalue weighted by Gasteiger charge is 2.20. The van der Waals surface area contributed by atoms with Crippen molar-refractivity contribution >= 4 is 21.8 Å². The third-order valence-corrected chi connectivity index (χ3v) is 1.53. The lowest BCUT2D eigenvalue weighted by molar-refractivity contribution is -0.125. The predicted octanol–water partition coefficient (Wildman–Crippen LogP) is -2.35. The molecule has 0 fully saturated rings. The Bertz CT molecular complexity index is 310. The summed E-state index contributed by atoms with van der Waals surface area (Å²) in [6.45, 7) is 1.18. The predicted molar refractivity (Wildman–Crippen MR) is 44.2 cm³/mol. The second-order valence-corrected chi connectivity index (χ2v) is 4.07. The molecule has 7 nitrogen and oxygen atoms in total. The second-order valence-electron chi connectivity index (χ2n) is 2.32. The number of nitrogens with two attached hydrogens (primary N) is 1. The fourth-order valence-electron chi connectivity index (χ4n) is 0.345. The minimum Gasteiger partial charge on any atom is -0.369 e. The molecular formula is C5H10N3O4S. The zero-order valence-electron chi connectivity index (χ0n) is 7.12. The summed E-state index contributed by atoms with van der Waals surface area (Å²) in [4.78, 5) is 23.0. The van der Waals surface area contributed by atoms with Crippen molar-refractivity contribution in [3.8, 4) is 0 Å². The molecule has 2 amide bonds. The zero-order chi connectivity index (χ0) is 10.6. The van der Waals surface area contributed by atoms with E-state index >= 15 is 0 Å². The number of hydrogen-bond donors (Lipinski definition) is 3. The quantitative estimate of drug-likeness (QED) is 0.354. The number of nitrogens with one attached hydrogen (secondary N) is 2. The number of hydrogen-bond acceptors (Lipinski definition) is 4.